The van der Waals surface area contributed by atoms with E-state index in [1.807, 2.05) is 60.7 Å². The van der Waals surface area contributed by atoms with Gasteiger partial charge in [0.2, 0.25) is 0 Å². The van der Waals surface area contributed by atoms with E-state index in [1.165, 1.54) is 44.2 Å². The fraction of sp³-hybridized carbons (Fsp3) is 0.0192. The van der Waals surface area contributed by atoms with Crippen LogP contribution in [0.2, 0.25) is 0 Å². The van der Waals surface area contributed by atoms with Gasteiger partial charge < -0.3 is 4.57 Å². The zero-order valence-electron chi connectivity index (χ0n) is 30.4. The molecule has 2 heterocycles. The summed E-state index contributed by atoms with van der Waals surface area (Å²) in [6.45, 7) is 0. The third kappa shape index (κ3) is 4.89. The Balaban J connectivity index is 1.12. The van der Waals surface area contributed by atoms with Crippen molar-refractivity contribution >= 4 is 21.8 Å². The van der Waals surface area contributed by atoms with Gasteiger partial charge in [-0.2, -0.15) is 0 Å². The molecule has 2 aromatic heterocycles. The average Bonchev–Trinajstić information content (AvgIpc) is 3.78. The van der Waals surface area contributed by atoms with Crippen molar-refractivity contribution in [3.63, 3.8) is 0 Å². The Morgan fingerprint density at radius 2 is 0.839 bits per heavy atom. The van der Waals surface area contributed by atoms with Gasteiger partial charge in [-0.3, -0.25) is 0 Å². The van der Waals surface area contributed by atoms with Crippen LogP contribution >= 0.6 is 0 Å². The van der Waals surface area contributed by atoms with E-state index in [2.05, 4.69) is 150 Å². The SMILES string of the molecule is c1ccc(-c2nc(-c3ccccc3)nc(-c3cccc(-n4c5ccccc5c5cc(C6(c7ccccc7)c7ccccc7-c7ccccc76)ccc54)c3)n2)cc1. The van der Waals surface area contributed by atoms with Gasteiger partial charge in [-0.05, 0) is 63.7 Å². The van der Waals surface area contributed by atoms with Crippen molar-refractivity contribution in [1.29, 1.82) is 0 Å². The standard InChI is InChI=1S/C52H34N4/c1-4-17-35(18-5-1)49-53-50(36-19-6-2-7-20-36)55-51(54-49)37-21-16-24-40(33-37)56-47-30-15-12-27-43(47)44-34-39(31-32-48(44)56)52(38-22-8-3-9-23-38)45-28-13-10-25-41(45)42-26-11-14-29-46(42)52/h1-34H. The highest BCUT2D eigenvalue weighted by atomic mass is 15.0. The molecular weight excluding hydrogens is 681 g/mol. The molecule has 262 valence electrons. The molecule has 4 nitrogen and oxygen atoms in total. The molecule has 1 aliphatic carbocycles. The topological polar surface area (TPSA) is 43.6 Å². The lowest BCUT2D eigenvalue weighted by atomic mass is 9.67. The Hall–Kier alpha value is -7.43. The quantitative estimate of drug-likeness (QED) is 0.172. The molecule has 0 N–H and O–H groups in total. The number of para-hydroxylation sites is 1. The van der Waals surface area contributed by atoms with E-state index in [0.29, 0.717) is 17.5 Å². The van der Waals surface area contributed by atoms with Gasteiger partial charge in [0.15, 0.2) is 17.5 Å². The van der Waals surface area contributed by atoms with Crippen molar-refractivity contribution in [3.05, 3.63) is 229 Å². The van der Waals surface area contributed by atoms with Crippen LogP contribution in [-0.2, 0) is 5.41 Å². The van der Waals surface area contributed by atoms with Crippen LogP contribution in [0.1, 0.15) is 22.3 Å². The first-order valence-electron chi connectivity index (χ1n) is 19.0. The van der Waals surface area contributed by atoms with Crippen LogP contribution < -0.4 is 0 Å². The summed E-state index contributed by atoms with van der Waals surface area (Å²) < 4.78 is 2.38. The van der Waals surface area contributed by atoms with Crippen molar-refractivity contribution < 1.29 is 0 Å². The molecule has 0 aliphatic heterocycles. The number of hydrogen-bond acceptors (Lipinski definition) is 3. The smallest absolute Gasteiger partial charge is 0.164 e. The molecule has 0 saturated carbocycles. The predicted octanol–water partition coefficient (Wildman–Crippen LogP) is 12.3. The van der Waals surface area contributed by atoms with Crippen LogP contribution in [0.15, 0.2) is 206 Å². The molecule has 0 spiro atoms. The minimum absolute atomic E-state index is 0.475. The summed E-state index contributed by atoms with van der Waals surface area (Å²) in [6, 6.07) is 73.5. The Kier molecular flexibility index (Phi) is 7.36. The lowest BCUT2D eigenvalue weighted by molar-refractivity contribution is 0.770. The van der Waals surface area contributed by atoms with Gasteiger partial charge in [-0.15, -0.1) is 0 Å². The molecule has 0 unspecified atom stereocenters. The third-order valence-corrected chi connectivity index (χ3v) is 11.3. The first-order chi connectivity index (χ1) is 27.8. The summed E-state index contributed by atoms with van der Waals surface area (Å²) >= 11 is 0. The fourth-order valence-corrected chi connectivity index (χ4v) is 8.92. The molecular formula is C52H34N4. The summed E-state index contributed by atoms with van der Waals surface area (Å²) in [5, 5.41) is 2.41. The molecule has 0 saturated heterocycles. The second kappa shape index (κ2) is 12.9. The number of rotatable bonds is 6. The molecule has 0 fully saturated rings. The first-order valence-corrected chi connectivity index (χ1v) is 19.0. The van der Waals surface area contributed by atoms with Gasteiger partial charge in [-0.1, -0.05) is 176 Å². The second-order valence-electron chi connectivity index (χ2n) is 14.4. The molecule has 11 rings (SSSR count). The fourth-order valence-electron chi connectivity index (χ4n) is 8.92. The number of aromatic nitrogens is 4. The molecule has 4 heteroatoms. The maximum atomic E-state index is 5.04. The monoisotopic (exact) mass is 714 g/mol. The van der Waals surface area contributed by atoms with Gasteiger partial charge in [0, 0.05) is 33.2 Å². The van der Waals surface area contributed by atoms with E-state index in [9.17, 15) is 0 Å². The van der Waals surface area contributed by atoms with Crippen molar-refractivity contribution in [2.75, 3.05) is 0 Å². The highest BCUT2D eigenvalue weighted by Crippen LogP contribution is 2.56. The minimum Gasteiger partial charge on any atom is -0.309 e. The van der Waals surface area contributed by atoms with Crippen LogP contribution in [0.5, 0.6) is 0 Å². The first kappa shape index (κ1) is 32.0. The van der Waals surface area contributed by atoms with Crippen LogP contribution in [-0.4, -0.2) is 19.5 Å². The molecule has 1 aliphatic rings. The normalized spacial score (nSPS) is 12.8. The maximum Gasteiger partial charge on any atom is 0.164 e. The van der Waals surface area contributed by atoms with Crippen molar-refractivity contribution in [3.8, 4) is 51.0 Å². The molecule has 0 amide bonds. The molecule has 0 atom stereocenters. The van der Waals surface area contributed by atoms with Crippen LogP contribution in [0.3, 0.4) is 0 Å². The number of fused-ring (bicyclic) bond motifs is 6. The van der Waals surface area contributed by atoms with E-state index < -0.39 is 5.41 Å². The van der Waals surface area contributed by atoms with Gasteiger partial charge in [-0.25, -0.2) is 15.0 Å². The summed E-state index contributed by atoms with van der Waals surface area (Å²) in [5.74, 6) is 1.92. The average molecular weight is 715 g/mol. The lowest BCUT2D eigenvalue weighted by Crippen LogP contribution is -2.28. The molecule has 0 bridgehead atoms. The second-order valence-corrected chi connectivity index (χ2v) is 14.4. The molecule has 56 heavy (non-hydrogen) atoms. The number of hydrogen-bond donors (Lipinski definition) is 0. The highest BCUT2D eigenvalue weighted by molar-refractivity contribution is 6.10. The van der Waals surface area contributed by atoms with E-state index in [0.717, 1.165) is 33.4 Å². The van der Waals surface area contributed by atoms with Gasteiger partial charge in [0.25, 0.3) is 0 Å². The summed E-state index contributed by atoms with van der Waals surface area (Å²) in [5.41, 5.74) is 13.4. The minimum atomic E-state index is -0.475. The Bertz CT molecular complexity index is 2970. The number of benzene rings is 8. The van der Waals surface area contributed by atoms with E-state index >= 15 is 0 Å². The van der Waals surface area contributed by atoms with Crippen molar-refractivity contribution in [1.82, 2.24) is 19.5 Å². The van der Waals surface area contributed by atoms with Crippen molar-refractivity contribution in [2.24, 2.45) is 0 Å². The van der Waals surface area contributed by atoms with Gasteiger partial charge in [0.05, 0.1) is 16.4 Å². The zero-order chi connectivity index (χ0) is 37.1. The summed E-state index contributed by atoms with van der Waals surface area (Å²) in [4.78, 5) is 15.0. The van der Waals surface area contributed by atoms with Crippen LogP contribution in [0, 0.1) is 0 Å². The zero-order valence-corrected chi connectivity index (χ0v) is 30.4. The summed E-state index contributed by atoms with van der Waals surface area (Å²) in [7, 11) is 0. The van der Waals surface area contributed by atoms with Crippen molar-refractivity contribution in [2.45, 2.75) is 5.41 Å². The molecule has 0 radical (unpaired) electrons. The lowest BCUT2D eigenvalue weighted by Gasteiger charge is -2.34. The Morgan fingerprint density at radius 3 is 1.48 bits per heavy atom. The molecule has 10 aromatic rings. The van der Waals surface area contributed by atoms with Gasteiger partial charge in [0.1, 0.15) is 0 Å². The number of nitrogens with zero attached hydrogens (tertiary/aromatic N) is 4. The third-order valence-electron chi connectivity index (χ3n) is 11.3. The van der Waals surface area contributed by atoms with Crippen LogP contribution in [0.4, 0.5) is 0 Å². The maximum absolute atomic E-state index is 5.04. The Labute approximate surface area is 325 Å². The van der Waals surface area contributed by atoms with E-state index in [1.54, 1.807) is 0 Å². The highest BCUT2D eigenvalue weighted by Gasteiger charge is 2.46. The van der Waals surface area contributed by atoms with E-state index in [4.69, 9.17) is 15.0 Å². The summed E-state index contributed by atoms with van der Waals surface area (Å²) in [6.07, 6.45) is 0. The van der Waals surface area contributed by atoms with Crippen LogP contribution in [0.25, 0.3) is 72.8 Å². The predicted molar refractivity (Wildman–Crippen MR) is 228 cm³/mol. The Morgan fingerprint density at radius 1 is 0.339 bits per heavy atom. The molecule has 8 aromatic carbocycles. The van der Waals surface area contributed by atoms with Gasteiger partial charge >= 0.3 is 0 Å². The van der Waals surface area contributed by atoms with E-state index in [-0.39, 0.29) is 0 Å². The largest absolute Gasteiger partial charge is 0.309 e.